The molecular weight excluding hydrogens is 310 g/mol. The molecule has 0 aliphatic carbocycles. The predicted octanol–water partition coefficient (Wildman–Crippen LogP) is 3.95. The first-order valence-corrected chi connectivity index (χ1v) is 7.07. The zero-order chi connectivity index (χ0) is 12.5. The van der Waals surface area contributed by atoms with Gasteiger partial charge in [0.25, 0.3) is 0 Å². The topological polar surface area (TPSA) is 43.8 Å². The molecule has 0 amide bonds. The summed E-state index contributed by atoms with van der Waals surface area (Å²) in [5, 5.41) is 6.57. The van der Waals surface area contributed by atoms with E-state index in [4.69, 9.17) is 5.73 Å². The third-order valence-corrected chi connectivity index (χ3v) is 4.00. The number of hydrogen-bond acceptors (Lipinski definition) is 3. The summed E-state index contributed by atoms with van der Waals surface area (Å²) in [6, 6.07) is 13.8. The number of nitrogen functional groups attached to an aromatic ring is 1. The number of hydrogen-bond donors (Lipinski definition) is 1. The summed E-state index contributed by atoms with van der Waals surface area (Å²) in [7, 11) is 0. The van der Waals surface area contributed by atoms with Gasteiger partial charge in [0.05, 0.1) is 10.6 Å². The van der Waals surface area contributed by atoms with Crippen LogP contribution in [0.15, 0.2) is 52.3 Å². The van der Waals surface area contributed by atoms with Crippen molar-refractivity contribution in [1.82, 2.24) is 9.78 Å². The van der Waals surface area contributed by atoms with Crippen molar-refractivity contribution in [3.63, 3.8) is 0 Å². The number of rotatable bonds is 2. The average molecular weight is 320 g/mol. The first-order chi connectivity index (χ1) is 8.74. The molecule has 18 heavy (non-hydrogen) atoms. The Hall–Kier alpha value is -1.59. The van der Waals surface area contributed by atoms with Crippen LogP contribution in [0, 0.1) is 0 Å². The van der Waals surface area contributed by atoms with Crippen molar-refractivity contribution >= 4 is 33.1 Å². The second kappa shape index (κ2) is 4.59. The highest BCUT2D eigenvalue weighted by Gasteiger charge is 2.09. The van der Waals surface area contributed by atoms with Gasteiger partial charge in [0.15, 0.2) is 0 Å². The van der Waals surface area contributed by atoms with Gasteiger partial charge in [-0.2, -0.15) is 5.10 Å². The molecule has 0 saturated heterocycles. The van der Waals surface area contributed by atoms with Gasteiger partial charge in [-0.1, -0.05) is 22.0 Å². The zero-order valence-electron chi connectivity index (χ0n) is 9.38. The van der Waals surface area contributed by atoms with Gasteiger partial charge in [0.1, 0.15) is 11.5 Å². The van der Waals surface area contributed by atoms with Crippen molar-refractivity contribution in [2.24, 2.45) is 0 Å². The van der Waals surface area contributed by atoms with E-state index in [1.54, 1.807) is 16.0 Å². The Morgan fingerprint density at radius 3 is 2.61 bits per heavy atom. The molecule has 0 bridgehead atoms. The van der Waals surface area contributed by atoms with Crippen LogP contribution in [-0.2, 0) is 0 Å². The van der Waals surface area contributed by atoms with Crippen LogP contribution in [0.4, 0.5) is 5.82 Å². The molecule has 90 valence electrons. The Labute approximate surface area is 117 Å². The molecule has 0 radical (unpaired) electrons. The number of benzene rings is 1. The molecule has 2 aromatic heterocycles. The Morgan fingerprint density at radius 1 is 1.17 bits per heavy atom. The maximum absolute atomic E-state index is 6.01. The summed E-state index contributed by atoms with van der Waals surface area (Å²) >= 11 is 5.07. The number of halogens is 1. The van der Waals surface area contributed by atoms with Crippen molar-refractivity contribution in [1.29, 1.82) is 0 Å². The van der Waals surface area contributed by atoms with Crippen molar-refractivity contribution in [3.05, 3.63) is 52.3 Å². The summed E-state index contributed by atoms with van der Waals surface area (Å²) in [5.41, 5.74) is 7.88. The number of anilines is 1. The van der Waals surface area contributed by atoms with Gasteiger partial charge in [0.2, 0.25) is 0 Å². The summed E-state index contributed by atoms with van der Waals surface area (Å²) in [6.07, 6.45) is 0. The zero-order valence-corrected chi connectivity index (χ0v) is 11.8. The SMILES string of the molecule is Nc1cc(-c2cccs2)nn1-c1ccc(Br)cc1. The highest BCUT2D eigenvalue weighted by molar-refractivity contribution is 9.10. The van der Waals surface area contributed by atoms with Crippen LogP contribution in [0.2, 0.25) is 0 Å². The van der Waals surface area contributed by atoms with Gasteiger partial charge in [-0.05, 0) is 35.7 Å². The Balaban J connectivity index is 2.06. The van der Waals surface area contributed by atoms with Gasteiger partial charge < -0.3 is 5.73 Å². The van der Waals surface area contributed by atoms with E-state index < -0.39 is 0 Å². The second-order valence-corrected chi connectivity index (χ2v) is 5.68. The minimum Gasteiger partial charge on any atom is -0.384 e. The van der Waals surface area contributed by atoms with E-state index >= 15 is 0 Å². The third kappa shape index (κ3) is 2.07. The lowest BCUT2D eigenvalue weighted by atomic mass is 10.3. The summed E-state index contributed by atoms with van der Waals surface area (Å²) in [5.74, 6) is 0.640. The molecule has 0 atom stereocenters. The van der Waals surface area contributed by atoms with Crippen LogP contribution in [0.3, 0.4) is 0 Å². The molecule has 0 spiro atoms. The Kier molecular flexibility index (Phi) is 2.93. The average Bonchev–Trinajstić information content (AvgIpc) is 2.99. The molecule has 5 heteroatoms. The quantitative estimate of drug-likeness (QED) is 0.777. The van der Waals surface area contributed by atoms with Crippen molar-refractivity contribution in [3.8, 4) is 16.3 Å². The van der Waals surface area contributed by atoms with E-state index in [0.717, 1.165) is 20.7 Å². The van der Waals surface area contributed by atoms with Crippen LogP contribution in [-0.4, -0.2) is 9.78 Å². The first kappa shape index (κ1) is 11.5. The van der Waals surface area contributed by atoms with Gasteiger partial charge in [0, 0.05) is 10.5 Å². The van der Waals surface area contributed by atoms with E-state index in [-0.39, 0.29) is 0 Å². The normalized spacial score (nSPS) is 10.7. The van der Waals surface area contributed by atoms with E-state index in [9.17, 15) is 0 Å². The highest BCUT2D eigenvalue weighted by atomic mass is 79.9. The van der Waals surface area contributed by atoms with Gasteiger partial charge in [-0.25, -0.2) is 4.68 Å². The lowest BCUT2D eigenvalue weighted by Crippen LogP contribution is -2.01. The van der Waals surface area contributed by atoms with E-state index in [0.29, 0.717) is 5.82 Å². The molecule has 2 heterocycles. The molecule has 0 aliphatic heterocycles. The van der Waals surface area contributed by atoms with E-state index in [1.165, 1.54) is 0 Å². The van der Waals surface area contributed by atoms with Crippen LogP contribution < -0.4 is 5.73 Å². The molecule has 3 nitrogen and oxygen atoms in total. The summed E-state index contributed by atoms with van der Waals surface area (Å²) < 4.78 is 2.79. The maximum atomic E-state index is 6.01. The smallest absolute Gasteiger partial charge is 0.127 e. The lowest BCUT2D eigenvalue weighted by Gasteiger charge is -2.03. The summed E-state index contributed by atoms with van der Waals surface area (Å²) in [4.78, 5) is 1.12. The number of nitrogens with zero attached hydrogens (tertiary/aromatic N) is 2. The predicted molar refractivity (Wildman–Crippen MR) is 79.0 cm³/mol. The van der Waals surface area contributed by atoms with E-state index in [2.05, 4.69) is 21.0 Å². The highest BCUT2D eigenvalue weighted by Crippen LogP contribution is 2.26. The number of thiophene rings is 1. The fourth-order valence-corrected chi connectivity index (χ4v) is 2.68. The Morgan fingerprint density at radius 2 is 1.94 bits per heavy atom. The summed E-state index contributed by atoms with van der Waals surface area (Å²) in [6.45, 7) is 0. The molecule has 0 saturated carbocycles. The minimum atomic E-state index is 0.640. The monoisotopic (exact) mass is 319 g/mol. The molecule has 2 N–H and O–H groups in total. The van der Waals surface area contributed by atoms with Gasteiger partial charge in [-0.3, -0.25) is 0 Å². The van der Waals surface area contributed by atoms with Gasteiger partial charge in [-0.15, -0.1) is 11.3 Å². The largest absolute Gasteiger partial charge is 0.384 e. The van der Waals surface area contributed by atoms with Crippen molar-refractivity contribution in [2.75, 3.05) is 5.73 Å². The molecule has 0 fully saturated rings. The lowest BCUT2D eigenvalue weighted by molar-refractivity contribution is 0.896. The number of nitrogens with two attached hydrogens (primary N) is 1. The van der Waals surface area contributed by atoms with E-state index in [1.807, 2.05) is 47.8 Å². The van der Waals surface area contributed by atoms with Gasteiger partial charge >= 0.3 is 0 Å². The van der Waals surface area contributed by atoms with Crippen LogP contribution in [0.25, 0.3) is 16.3 Å². The molecule has 3 aromatic rings. The van der Waals surface area contributed by atoms with Crippen LogP contribution in [0.5, 0.6) is 0 Å². The molecule has 3 rings (SSSR count). The standard InChI is InChI=1S/C13H10BrN3S/c14-9-3-5-10(6-4-9)17-13(15)8-11(16-17)12-2-1-7-18-12/h1-8H,15H2. The van der Waals surface area contributed by atoms with Crippen LogP contribution >= 0.6 is 27.3 Å². The minimum absolute atomic E-state index is 0.640. The maximum Gasteiger partial charge on any atom is 0.127 e. The fraction of sp³-hybridized carbons (Fsp3) is 0. The van der Waals surface area contributed by atoms with Crippen molar-refractivity contribution in [2.45, 2.75) is 0 Å². The number of aromatic nitrogens is 2. The molecule has 0 aliphatic rings. The fourth-order valence-electron chi connectivity index (χ4n) is 1.73. The second-order valence-electron chi connectivity index (χ2n) is 3.82. The van der Waals surface area contributed by atoms with Crippen LogP contribution in [0.1, 0.15) is 0 Å². The Bertz CT molecular complexity index is 656. The first-order valence-electron chi connectivity index (χ1n) is 5.39. The molecule has 1 aromatic carbocycles. The van der Waals surface area contributed by atoms with Crippen molar-refractivity contribution < 1.29 is 0 Å². The molecular formula is C13H10BrN3S. The third-order valence-electron chi connectivity index (χ3n) is 2.58. The molecule has 0 unspecified atom stereocenters.